The Balaban J connectivity index is 1.86. The number of carbonyl (C=O) groups is 1. The van der Waals surface area contributed by atoms with E-state index >= 15 is 0 Å². The zero-order valence-electron chi connectivity index (χ0n) is 16.4. The number of pyridine rings is 1. The number of amides is 1. The highest BCUT2D eigenvalue weighted by Crippen LogP contribution is 2.32. The van der Waals surface area contributed by atoms with Crippen LogP contribution in [0.1, 0.15) is 27.7 Å². The summed E-state index contributed by atoms with van der Waals surface area (Å²) in [6.07, 6.45) is 0. The number of hydrogen-bond donors (Lipinski definition) is 0. The van der Waals surface area contributed by atoms with E-state index in [9.17, 15) is 9.59 Å². The van der Waals surface area contributed by atoms with Gasteiger partial charge in [-0.15, -0.1) is 11.3 Å². The quantitative estimate of drug-likeness (QED) is 0.487. The Kier molecular flexibility index (Phi) is 4.55. The van der Waals surface area contributed by atoms with Crippen molar-refractivity contribution >= 4 is 43.9 Å². The molecule has 4 aromatic rings. The molecule has 0 saturated carbocycles. The van der Waals surface area contributed by atoms with E-state index in [0.29, 0.717) is 16.8 Å². The van der Waals surface area contributed by atoms with Gasteiger partial charge in [0.2, 0.25) is 0 Å². The van der Waals surface area contributed by atoms with Gasteiger partial charge in [0.05, 0.1) is 15.8 Å². The SMILES string of the molecule is CCn1c(=O)c2cc(C(=O)N(C)c3ccc(C)c(C)c3)sc2c2ccccc21. The van der Waals surface area contributed by atoms with Gasteiger partial charge in [0.25, 0.3) is 11.5 Å². The number of para-hydroxylation sites is 1. The molecule has 5 heteroatoms. The molecule has 4 nitrogen and oxygen atoms in total. The Labute approximate surface area is 167 Å². The van der Waals surface area contributed by atoms with Gasteiger partial charge in [-0.3, -0.25) is 9.59 Å². The highest BCUT2D eigenvalue weighted by atomic mass is 32.1. The fourth-order valence-corrected chi connectivity index (χ4v) is 4.70. The molecule has 4 rings (SSSR count). The largest absolute Gasteiger partial charge is 0.311 e. The zero-order valence-corrected chi connectivity index (χ0v) is 17.3. The standard InChI is InChI=1S/C23H22N2O2S/c1-5-25-19-9-7-6-8-17(19)21-18(22(25)26)13-20(28-21)23(27)24(4)16-11-10-14(2)15(3)12-16/h6-13H,5H2,1-4H3. The summed E-state index contributed by atoms with van der Waals surface area (Å²) in [6, 6.07) is 15.6. The van der Waals surface area contributed by atoms with Gasteiger partial charge in [-0.05, 0) is 56.2 Å². The topological polar surface area (TPSA) is 42.3 Å². The predicted molar refractivity (Wildman–Crippen MR) is 118 cm³/mol. The first kappa shape index (κ1) is 18.4. The smallest absolute Gasteiger partial charge is 0.268 e. The first-order valence-electron chi connectivity index (χ1n) is 9.32. The molecule has 2 aromatic carbocycles. The molecule has 1 amide bonds. The van der Waals surface area contributed by atoms with Gasteiger partial charge in [-0.25, -0.2) is 0 Å². The minimum Gasteiger partial charge on any atom is -0.311 e. The first-order valence-corrected chi connectivity index (χ1v) is 10.1. The second-order valence-corrected chi connectivity index (χ2v) is 8.10. The molecule has 0 unspecified atom stereocenters. The number of thiophene rings is 1. The number of anilines is 1. The summed E-state index contributed by atoms with van der Waals surface area (Å²) in [5, 5.41) is 1.62. The fraction of sp³-hybridized carbons (Fsp3) is 0.217. The van der Waals surface area contributed by atoms with Gasteiger partial charge in [0.1, 0.15) is 0 Å². The zero-order chi connectivity index (χ0) is 20.0. The second-order valence-electron chi connectivity index (χ2n) is 7.05. The number of aromatic nitrogens is 1. The van der Waals surface area contributed by atoms with Crippen LogP contribution >= 0.6 is 11.3 Å². The average Bonchev–Trinajstić information content (AvgIpc) is 3.15. The Hall–Kier alpha value is -2.92. The van der Waals surface area contributed by atoms with Gasteiger partial charge >= 0.3 is 0 Å². The molecular formula is C23H22N2O2S. The van der Waals surface area contributed by atoms with Gasteiger partial charge in [-0.2, -0.15) is 0 Å². The summed E-state index contributed by atoms with van der Waals surface area (Å²) < 4.78 is 2.65. The van der Waals surface area contributed by atoms with Gasteiger partial charge in [0.15, 0.2) is 0 Å². The summed E-state index contributed by atoms with van der Waals surface area (Å²) >= 11 is 1.39. The van der Waals surface area contributed by atoms with Crippen LogP contribution in [0.15, 0.2) is 53.3 Å². The predicted octanol–water partition coefficient (Wildman–Crippen LogP) is 5.13. The van der Waals surface area contributed by atoms with Crippen LogP contribution in [0.2, 0.25) is 0 Å². The summed E-state index contributed by atoms with van der Waals surface area (Å²) in [5.74, 6) is -0.101. The van der Waals surface area contributed by atoms with E-state index in [1.165, 1.54) is 16.9 Å². The van der Waals surface area contributed by atoms with Crippen molar-refractivity contribution in [2.75, 3.05) is 11.9 Å². The highest BCUT2D eigenvalue weighted by molar-refractivity contribution is 7.21. The molecule has 142 valence electrons. The summed E-state index contributed by atoms with van der Waals surface area (Å²) in [5.41, 5.74) is 4.05. The van der Waals surface area contributed by atoms with E-state index in [-0.39, 0.29) is 11.5 Å². The Morgan fingerprint density at radius 2 is 1.79 bits per heavy atom. The van der Waals surface area contributed by atoms with Crippen LogP contribution in [-0.2, 0) is 6.54 Å². The minimum absolute atomic E-state index is 0.0414. The molecule has 2 aromatic heterocycles. The average molecular weight is 391 g/mol. The Morgan fingerprint density at radius 1 is 1.04 bits per heavy atom. The molecule has 2 heterocycles. The fourth-order valence-electron chi connectivity index (χ4n) is 3.54. The third-order valence-electron chi connectivity index (χ3n) is 5.36. The second kappa shape index (κ2) is 6.91. The van der Waals surface area contributed by atoms with Crippen LogP contribution in [0.3, 0.4) is 0 Å². The van der Waals surface area contributed by atoms with Crippen LogP contribution in [0.5, 0.6) is 0 Å². The maximum Gasteiger partial charge on any atom is 0.268 e. The lowest BCUT2D eigenvalue weighted by molar-refractivity contribution is 0.0997. The van der Waals surface area contributed by atoms with E-state index in [4.69, 9.17) is 0 Å². The molecule has 0 atom stereocenters. The van der Waals surface area contributed by atoms with Crippen LogP contribution in [0, 0.1) is 13.8 Å². The van der Waals surface area contributed by atoms with E-state index in [0.717, 1.165) is 26.9 Å². The first-order chi connectivity index (χ1) is 13.4. The molecule has 0 N–H and O–H groups in total. The maximum absolute atomic E-state index is 13.1. The molecule has 0 spiro atoms. The van der Waals surface area contributed by atoms with Crippen LogP contribution in [0.25, 0.3) is 21.0 Å². The molecular weight excluding hydrogens is 368 g/mol. The van der Waals surface area contributed by atoms with Crippen molar-refractivity contribution in [1.29, 1.82) is 0 Å². The molecule has 28 heavy (non-hydrogen) atoms. The maximum atomic E-state index is 13.1. The van der Waals surface area contributed by atoms with Crippen LogP contribution in [-0.4, -0.2) is 17.5 Å². The highest BCUT2D eigenvalue weighted by Gasteiger charge is 2.20. The van der Waals surface area contributed by atoms with Crippen molar-refractivity contribution in [3.05, 3.63) is 74.9 Å². The van der Waals surface area contributed by atoms with Crippen molar-refractivity contribution in [2.24, 2.45) is 0 Å². The third kappa shape index (κ3) is 2.83. The number of nitrogens with zero attached hydrogens (tertiary/aromatic N) is 2. The summed E-state index contributed by atoms with van der Waals surface area (Å²) in [4.78, 5) is 28.3. The lowest BCUT2D eigenvalue weighted by atomic mass is 10.1. The van der Waals surface area contributed by atoms with Crippen molar-refractivity contribution in [3.8, 4) is 0 Å². The number of benzene rings is 2. The van der Waals surface area contributed by atoms with E-state index in [1.807, 2.05) is 56.3 Å². The van der Waals surface area contributed by atoms with Crippen LogP contribution in [0.4, 0.5) is 5.69 Å². The van der Waals surface area contributed by atoms with Gasteiger partial charge in [0, 0.05) is 29.4 Å². The van der Waals surface area contributed by atoms with Gasteiger partial charge < -0.3 is 9.47 Å². The molecule has 0 aliphatic carbocycles. The van der Waals surface area contributed by atoms with Gasteiger partial charge in [-0.1, -0.05) is 24.3 Å². The number of aryl methyl sites for hydroxylation is 3. The number of carbonyl (C=O) groups excluding carboxylic acids is 1. The normalized spacial score (nSPS) is 11.3. The molecule has 0 radical (unpaired) electrons. The van der Waals surface area contributed by atoms with Crippen LogP contribution < -0.4 is 10.5 Å². The lowest BCUT2D eigenvalue weighted by Crippen LogP contribution is -2.25. The third-order valence-corrected chi connectivity index (χ3v) is 6.51. The Morgan fingerprint density at radius 3 is 2.50 bits per heavy atom. The van der Waals surface area contributed by atoms with Crippen molar-refractivity contribution in [1.82, 2.24) is 4.57 Å². The van der Waals surface area contributed by atoms with Crippen molar-refractivity contribution < 1.29 is 4.79 Å². The minimum atomic E-state index is -0.101. The number of fused-ring (bicyclic) bond motifs is 3. The van der Waals surface area contributed by atoms with Crippen molar-refractivity contribution in [3.63, 3.8) is 0 Å². The number of rotatable bonds is 3. The molecule has 0 aliphatic heterocycles. The molecule has 0 saturated heterocycles. The lowest BCUT2D eigenvalue weighted by Gasteiger charge is -2.17. The summed E-state index contributed by atoms with van der Waals surface area (Å²) in [7, 11) is 1.78. The molecule has 0 aliphatic rings. The molecule has 0 bridgehead atoms. The number of hydrogen-bond acceptors (Lipinski definition) is 3. The van der Waals surface area contributed by atoms with E-state index in [1.54, 1.807) is 22.6 Å². The van der Waals surface area contributed by atoms with Crippen molar-refractivity contribution in [2.45, 2.75) is 27.3 Å². The molecule has 0 fully saturated rings. The summed E-state index contributed by atoms with van der Waals surface area (Å²) in [6.45, 7) is 6.65. The van der Waals surface area contributed by atoms with E-state index < -0.39 is 0 Å². The van der Waals surface area contributed by atoms with E-state index in [2.05, 4.69) is 6.92 Å². The monoisotopic (exact) mass is 390 g/mol. The Bertz CT molecular complexity index is 1280.